The summed E-state index contributed by atoms with van der Waals surface area (Å²) in [5.41, 5.74) is 4.94. The van der Waals surface area contributed by atoms with Gasteiger partial charge in [-0.05, 0) is 64.7 Å². The number of nitrogens with one attached hydrogen (secondary N) is 1. The SMILES string of the molecule is Cc1ccc(NCc2cncc(Br)c2)cc1C. The van der Waals surface area contributed by atoms with Crippen molar-refractivity contribution in [3.63, 3.8) is 0 Å². The van der Waals surface area contributed by atoms with Crippen molar-refractivity contribution in [1.29, 1.82) is 0 Å². The molecule has 0 atom stereocenters. The molecule has 0 spiro atoms. The van der Waals surface area contributed by atoms with Crippen LogP contribution >= 0.6 is 15.9 Å². The van der Waals surface area contributed by atoms with Crippen LogP contribution < -0.4 is 5.32 Å². The summed E-state index contributed by atoms with van der Waals surface area (Å²) in [6.45, 7) is 5.04. The topological polar surface area (TPSA) is 24.9 Å². The second-order valence-electron chi connectivity index (χ2n) is 4.16. The molecule has 1 heterocycles. The lowest BCUT2D eigenvalue weighted by atomic mass is 10.1. The highest BCUT2D eigenvalue weighted by Gasteiger charge is 1.98. The number of aryl methyl sites for hydroxylation is 2. The Hall–Kier alpha value is -1.35. The molecule has 1 N–H and O–H groups in total. The Morgan fingerprint density at radius 1 is 1.12 bits per heavy atom. The van der Waals surface area contributed by atoms with Crippen LogP contribution in [0.2, 0.25) is 0 Å². The summed E-state index contributed by atoms with van der Waals surface area (Å²) in [6, 6.07) is 8.48. The first-order valence-corrected chi connectivity index (χ1v) is 6.35. The third kappa shape index (κ3) is 3.30. The number of hydrogen-bond donors (Lipinski definition) is 1. The van der Waals surface area contributed by atoms with E-state index < -0.39 is 0 Å². The fraction of sp³-hybridized carbons (Fsp3) is 0.214. The fourth-order valence-electron chi connectivity index (χ4n) is 1.61. The van der Waals surface area contributed by atoms with Gasteiger partial charge < -0.3 is 5.32 Å². The molecule has 0 aliphatic heterocycles. The number of hydrogen-bond acceptors (Lipinski definition) is 2. The largest absolute Gasteiger partial charge is 0.381 e. The van der Waals surface area contributed by atoms with Gasteiger partial charge in [0.1, 0.15) is 0 Å². The normalized spacial score (nSPS) is 10.3. The van der Waals surface area contributed by atoms with Crippen molar-refractivity contribution in [3.8, 4) is 0 Å². The number of rotatable bonds is 3. The molecule has 3 heteroatoms. The van der Waals surface area contributed by atoms with Crippen molar-refractivity contribution >= 4 is 21.6 Å². The van der Waals surface area contributed by atoms with Crippen LogP contribution in [-0.4, -0.2) is 4.98 Å². The number of pyridine rings is 1. The van der Waals surface area contributed by atoms with Gasteiger partial charge in [0.25, 0.3) is 0 Å². The molecule has 0 saturated heterocycles. The van der Waals surface area contributed by atoms with Crippen molar-refractivity contribution in [2.75, 3.05) is 5.32 Å². The molecule has 0 unspecified atom stereocenters. The molecular formula is C14H15BrN2. The van der Waals surface area contributed by atoms with Crippen molar-refractivity contribution in [3.05, 3.63) is 57.8 Å². The molecule has 0 fully saturated rings. The molecule has 0 saturated carbocycles. The number of benzene rings is 1. The lowest BCUT2D eigenvalue weighted by Gasteiger charge is -2.08. The summed E-state index contributed by atoms with van der Waals surface area (Å²) in [4.78, 5) is 4.14. The van der Waals surface area contributed by atoms with Crippen LogP contribution in [0.1, 0.15) is 16.7 Å². The zero-order valence-electron chi connectivity index (χ0n) is 10.00. The van der Waals surface area contributed by atoms with Gasteiger partial charge in [-0.25, -0.2) is 0 Å². The van der Waals surface area contributed by atoms with E-state index in [-0.39, 0.29) is 0 Å². The van der Waals surface area contributed by atoms with Crippen LogP contribution in [-0.2, 0) is 6.54 Å². The van der Waals surface area contributed by atoms with Crippen LogP contribution in [0.5, 0.6) is 0 Å². The second kappa shape index (κ2) is 5.32. The maximum Gasteiger partial charge on any atom is 0.0416 e. The highest BCUT2D eigenvalue weighted by molar-refractivity contribution is 9.10. The smallest absolute Gasteiger partial charge is 0.0416 e. The quantitative estimate of drug-likeness (QED) is 0.922. The Morgan fingerprint density at radius 2 is 1.94 bits per heavy atom. The maximum absolute atomic E-state index is 4.14. The number of halogens is 1. The van der Waals surface area contributed by atoms with E-state index in [9.17, 15) is 0 Å². The van der Waals surface area contributed by atoms with Gasteiger partial charge in [0.2, 0.25) is 0 Å². The Balaban J connectivity index is 2.05. The molecule has 0 aliphatic carbocycles. The van der Waals surface area contributed by atoms with Gasteiger partial charge in [-0.1, -0.05) is 6.07 Å². The van der Waals surface area contributed by atoms with E-state index in [4.69, 9.17) is 0 Å². The van der Waals surface area contributed by atoms with E-state index in [1.54, 1.807) is 6.20 Å². The molecular weight excluding hydrogens is 276 g/mol. The van der Waals surface area contributed by atoms with E-state index in [1.165, 1.54) is 11.1 Å². The van der Waals surface area contributed by atoms with Gasteiger partial charge in [0.05, 0.1) is 0 Å². The molecule has 0 aliphatic rings. The van der Waals surface area contributed by atoms with Crippen LogP contribution in [0.25, 0.3) is 0 Å². The molecule has 2 rings (SSSR count). The van der Waals surface area contributed by atoms with Crippen molar-refractivity contribution in [2.45, 2.75) is 20.4 Å². The Bertz CT molecular complexity index is 523. The first-order chi connectivity index (χ1) is 8.15. The molecule has 88 valence electrons. The molecule has 2 nitrogen and oxygen atoms in total. The van der Waals surface area contributed by atoms with E-state index >= 15 is 0 Å². The molecule has 1 aromatic carbocycles. The van der Waals surface area contributed by atoms with Gasteiger partial charge in [-0.15, -0.1) is 0 Å². The molecule has 0 bridgehead atoms. The summed E-state index contributed by atoms with van der Waals surface area (Å²) in [6.07, 6.45) is 3.67. The lowest BCUT2D eigenvalue weighted by Crippen LogP contribution is -2.00. The zero-order valence-corrected chi connectivity index (χ0v) is 11.6. The van der Waals surface area contributed by atoms with Crippen LogP contribution in [0.4, 0.5) is 5.69 Å². The van der Waals surface area contributed by atoms with Crippen molar-refractivity contribution in [2.24, 2.45) is 0 Å². The minimum absolute atomic E-state index is 0.787. The van der Waals surface area contributed by atoms with Gasteiger partial charge in [-0.2, -0.15) is 0 Å². The highest BCUT2D eigenvalue weighted by Crippen LogP contribution is 2.16. The summed E-state index contributed by atoms with van der Waals surface area (Å²) in [7, 11) is 0. The highest BCUT2D eigenvalue weighted by atomic mass is 79.9. The fourth-order valence-corrected chi connectivity index (χ4v) is 2.02. The molecule has 1 aromatic heterocycles. The second-order valence-corrected chi connectivity index (χ2v) is 5.08. The van der Waals surface area contributed by atoms with Crippen molar-refractivity contribution in [1.82, 2.24) is 4.98 Å². The summed E-state index contributed by atoms with van der Waals surface area (Å²) >= 11 is 3.42. The average molecular weight is 291 g/mol. The number of anilines is 1. The average Bonchev–Trinajstić information content (AvgIpc) is 2.31. The molecule has 2 aromatic rings. The Labute approximate surface area is 110 Å². The van der Waals surface area contributed by atoms with Crippen LogP contribution in [0, 0.1) is 13.8 Å². The van der Waals surface area contributed by atoms with Gasteiger partial charge >= 0.3 is 0 Å². The third-order valence-corrected chi connectivity index (χ3v) is 3.20. The van der Waals surface area contributed by atoms with Crippen LogP contribution in [0.15, 0.2) is 41.1 Å². The van der Waals surface area contributed by atoms with Crippen LogP contribution in [0.3, 0.4) is 0 Å². The number of aromatic nitrogens is 1. The van der Waals surface area contributed by atoms with E-state index in [0.717, 1.165) is 22.3 Å². The van der Waals surface area contributed by atoms with E-state index in [0.29, 0.717) is 0 Å². The lowest BCUT2D eigenvalue weighted by molar-refractivity contribution is 1.10. The Kier molecular flexibility index (Phi) is 3.79. The third-order valence-electron chi connectivity index (χ3n) is 2.77. The first kappa shape index (κ1) is 12.1. The summed E-state index contributed by atoms with van der Waals surface area (Å²) < 4.78 is 1.01. The van der Waals surface area contributed by atoms with Gasteiger partial charge in [-0.3, -0.25) is 4.98 Å². The van der Waals surface area contributed by atoms with Gasteiger partial charge in [0.15, 0.2) is 0 Å². The first-order valence-electron chi connectivity index (χ1n) is 5.56. The van der Waals surface area contributed by atoms with Crippen molar-refractivity contribution < 1.29 is 0 Å². The minimum Gasteiger partial charge on any atom is -0.381 e. The van der Waals surface area contributed by atoms with E-state index in [1.807, 2.05) is 6.20 Å². The number of nitrogens with zero attached hydrogens (tertiary/aromatic N) is 1. The van der Waals surface area contributed by atoms with Gasteiger partial charge in [0, 0.05) is 29.1 Å². The molecule has 0 amide bonds. The standard InChI is InChI=1S/C14H15BrN2/c1-10-3-4-14(5-11(10)2)17-8-12-6-13(15)9-16-7-12/h3-7,9,17H,8H2,1-2H3. The minimum atomic E-state index is 0.787. The van der Waals surface area contributed by atoms with E-state index in [2.05, 4.69) is 64.3 Å². The summed E-state index contributed by atoms with van der Waals surface area (Å²) in [5.74, 6) is 0. The Morgan fingerprint density at radius 3 is 2.65 bits per heavy atom. The maximum atomic E-state index is 4.14. The summed E-state index contributed by atoms with van der Waals surface area (Å²) in [5, 5.41) is 3.40. The molecule has 17 heavy (non-hydrogen) atoms. The predicted molar refractivity (Wildman–Crippen MR) is 75.2 cm³/mol. The predicted octanol–water partition coefficient (Wildman–Crippen LogP) is 4.07. The molecule has 0 radical (unpaired) electrons. The monoisotopic (exact) mass is 290 g/mol. The zero-order chi connectivity index (χ0) is 12.3.